The molecule has 2 saturated heterocycles. The van der Waals surface area contributed by atoms with Crippen LogP contribution in [0.4, 0.5) is 0 Å². The van der Waals surface area contributed by atoms with Crippen LogP contribution in [-0.2, 0) is 34.8 Å². The molecule has 7 rings (SSSR count). The van der Waals surface area contributed by atoms with Crippen LogP contribution < -0.4 is 9.47 Å². The molecule has 2 aromatic carbocycles. The van der Waals surface area contributed by atoms with Crippen LogP contribution in [0.15, 0.2) is 54.7 Å². The largest absolute Gasteiger partial charge is 0.465 e. The SMILES string of the molecule is CC.COC(=O)c1ccc2nc(CN3CCC(Cc4cccc5c4OC(C)(c4ccc(Cl)cn4)O5)CC3)n(CC3CCO3)c2c1. The maximum Gasteiger partial charge on any atom is 0.337 e. The van der Waals surface area contributed by atoms with Gasteiger partial charge in [0.15, 0.2) is 11.5 Å². The van der Waals surface area contributed by atoms with E-state index in [1.165, 1.54) is 7.11 Å². The topological polar surface area (TPSA) is 87.9 Å². The molecule has 5 heterocycles. The summed E-state index contributed by atoms with van der Waals surface area (Å²) in [6.45, 7) is 10.2. The van der Waals surface area contributed by atoms with E-state index in [1.807, 2.05) is 51.1 Å². The predicted molar refractivity (Wildman–Crippen MR) is 173 cm³/mol. The highest BCUT2D eigenvalue weighted by Crippen LogP contribution is 2.46. The lowest BCUT2D eigenvalue weighted by Gasteiger charge is -2.32. The number of nitrogens with zero attached hydrogens (tertiary/aromatic N) is 4. The summed E-state index contributed by atoms with van der Waals surface area (Å²) < 4.78 is 25.6. The lowest BCUT2D eigenvalue weighted by Crippen LogP contribution is -2.36. The van der Waals surface area contributed by atoms with Gasteiger partial charge in [-0.3, -0.25) is 9.88 Å². The summed E-state index contributed by atoms with van der Waals surface area (Å²) in [7, 11) is 1.41. The van der Waals surface area contributed by atoms with Gasteiger partial charge in [0.05, 0.1) is 47.9 Å². The van der Waals surface area contributed by atoms with Crippen molar-refractivity contribution in [3.63, 3.8) is 0 Å². The number of carbonyl (C=O) groups excluding carboxylic acids is 1. The van der Waals surface area contributed by atoms with Gasteiger partial charge < -0.3 is 23.5 Å². The van der Waals surface area contributed by atoms with Crippen LogP contribution in [0, 0.1) is 5.92 Å². The monoisotopic (exact) mass is 632 g/mol. The first kappa shape index (κ1) is 31.3. The number of piperidine rings is 1. The number of esters is 1. The number of benzene rings is 2. The van der Waals surface area contributed by atoms with Crippen molar-refractivity contribution in [1.29, 1.82) is 0 Å². The summed E-state index contributed by atoms with van der Waals surface area (Å²) in [6, 6.07) is 15.4. The zero-order valence-corrected chi connectivity index (χ0v) is 27.2. The third-order valence-electron chi connectivity index (χ3n) is 8.86. The Kier molecular flexibility index (Phi) is 9.31. The highest BCUT2D eigenvalue weighted by molar-refractivity contribution is 6.30. The molecule has 0 aliphatic carbocycles. The molecule has 2 fully saturated rings. The number of hydrogen-bond acceptors (Lipinski definition) is 8. The standard InChI is InChI=1S/C33H35ClN4O5.C2H6/c1-33(29-9-7-24(34)18-35-29)42-28-5-3-4-22(31(28)43-33)16-21-10-13-37(14-11-21)20-30-36-26-8-6-23(32(39)40-2)17-27(26)38(30)19-25-12-15-41-25;1-2/h3-9,17-18,21,25H,10-16,19-20H2,1-2H3;1-2H3. The number of imidazole rings is 1. The minimum atomic E-state index is -0.986. The fourth-order valence-electron chi connectivity index (χ4n) is 6.33. The Hall–Kier alpha value is -3.66. The number of likely N-dealkylation sites (tertiary alicyclic amines) is 1. The number of halogens is 1. The molecule has 2 unspecified atom stereocenters. The third-order valence-corrected chi connectivity index (χ3v) is 9.09. The van der Waals surface area contributed by atoms with Gasteiger partial charge in [0.25, 0.3) is 5.79 Å². The van der Waals surface area contributed by atoms with Crippen LogP contribution in [-0.4, -0.2) is 58.3 Å². The number of aromatic nitrogens is 3. The van der Waals surface area contributed by atoms with Crippen molar-refractivity contribution in [2.75, 3.05) is 26.8 Å². The fourth-order valence-corrected chi connectivity index (χ4v) is 6.44. The first-order valence-corrected chi connectivity index (χ1v) is 16.3. The molecule has 0 spiro atoms. The minimum absolute atomic E-state index is 0.180. The smallest absolute Gasteiger partial charge is 0.337 e. The predicted octanol–water partition coefficient (Wildman–Crippen LogP) is 6.79. The second-order valence-electron chi connectivity index (χ2n) is 11.8. The van der Waals surface area contributed by atoms with E-state index in [2.05, 4.69) is 20.5 Å². The molecule has 2 atom stereocenters. The molecular formula is C35H41ClN4O5. The highest BCUT2D eigenvalue weighted by atomic mass is 35.5. The van der Waals surface area contributed by atoms with Crippen molar-refractivity contribution < 1.29 is 23.7 Å². The summed E-state index contributed by atoms with van der Waals surface area (Å²) in [5.41, 5.74) is 4.22. The molecule has 45 heavy (non-hydrogen) atoms. The molecule has 0 radical (unpaired) electrons. The summed E-state index contributed by atoms with van der Waals surface area (Å²) in [5, 5.41) is 0.576. The van der Waals surface area contributed by atoms with Crippen LogP contribution >= 0.6 is 11.6 Å². The van der Waals surface area contributed by atoms with Crippen LogP contribution in [0.1, 0.15) is 67.5 Å². The third kappa shape index (κ3) is 6.52. The Balaban J connectivity index is 0.00000175. The molecule has 0 N–H and O–H groups in total. The summed E-state index contributed by atoms with van der Waals surface area (Å²) in [6.07, 6.45) is 5.92. The molecule has 9 nitrogen and oxygen atoms in total. The van der Waals surface area contributed by atoms with Crippen LogP contribution in [0.25, 0.3) is 11.0 Å². The Morgan fingerprint density at radius 1 is 1.09 bits per heavy atom. The number of carbonyl (C=O) groups is 1. The zero-order valence-electron chi connectivity index (χ0n) is 26.4. The van der Waals surface area contributed by atoms with E-state index in [-0.39, 0.29) is 12.1 Å². The van der Waals surface area contributed by atoms with Crippen molar-refractivity contribution in [2.45, 2.75) is 71.4 Å². The number of methoxy groups -OCH3 is 1. The maximum absolute atomic E-state index is 12.2. The number of pyridine rings is 1. The number of rotatable bonds is 8. The molecule has 10 heteroatoms. The van der Waals surface area contributed by atoms with E-state index in [9.17, 15) is 4.79 Å². The van der Waals surface area contributed by atoms with Gasteiger partial charge in [0.2, 0.25) is 0 Å². The van der Waals surface area contributed by atoms with Crippen molar-refractivity contribution in [1.82, 2.24) is 19.4 Å². The normalized spacial score (nSPS) is 21.2. The average Bonchev–Trinajstić information content (AvgIpc) is 3.57. The number of fused-ring (bicyclic) bond motifs is 2. The molecule has 4 aromatic rings. The molecule has 2 aromatic heterocycles. The molecule has 3 aliphatic rings. The van der Waals surface area contributed by atoms with Gasteiger partial charge >= 0.3 is 5.97 Å². The Labute approximate surface area is 269 Å². The van der Waals surface area contributed by atoms with Crippen molar-refractivity contribution in [3.05, 3.63) is 82.4 Å². The van der Waals surface area contributed by atoms with Crippen LogP contribution in [0.3, 0.4) is 0 Å². The second kappa shape index (κ2) is 13.4. The Morgan fingerprint density at radius 2 is 1.89 bits per heavy atom. The lowest BCUT2D eigenvalue weighted by atomic mass is 9.89. The van der Waals surface area contributed by atoms with Gasteiger partial charge in [0.1, 0.15) is 11.5 Å². The summed E-state index contributed by atoms with van der Waals surface area (Å²) in [5.74, 6) is 1.77. The molecule has 3 aliphatic heterocycles. The molecule has 238 valence electrons. The van der Waals surface area contributed by atoms with Crippen LogP contribution in [0.2, 0.25) is 5.02 Å². The number of hydrogen-bond donors (Lipinski definition) is 0. The Bertz CT molecular complexity index is 1650. The van der Waals surface area contributed by atoms with Gasteiger partial charge in [-0.25, -0.2) is 9.78 Å². The molecule has 0 amide bonds. The summed E-state index contributed by atoms with van der Waals surface area (Å²) in [4.78, 5) is 24.1. The first-order valence-electron chi connectivity index (χ1n) is 15.9. The Morgan fingerprint density at radius 3 is 2.58 bits per heavy atom. The minimum Gasteiger partial charge on any atom is -0.465 e. The van der Waals surface area contributed by atoms with Gasteiger partial charge in [-0.15, -0.1) is 0 Å². The van der Waals surface area contributed by atoms with Crippen molar-refractivity contribution in [2.24, 2.45) is 5.92 Å². The number of para-hydroxylation sites is 1. The number of ether oxygens (including phenoxy) is 4. The van der Waals surface area contributed by atoms with Gasteiger partial charge in [-0.05, 0) is 86.7 Å². The maximum atomic E-state index is 12.2. The molecular weight excluding hydrogens is 592 g/mol. The average molecular weight is 633 g/mol. The second-order valence-corrected chi connectivity index (χ2v) is 12.2. The quantitative estimate of drug-likeness (QED) is 0.196. The van der Waals surface area contributed by atoms with Crippen molar-refractivity contribution >= 4 is 28.6 Å². The molecule has 0 bridgehead atoms. The fraction of sp³-hybridized carbons (Fsp3) is 0.457. The van der Waals surface area contributed by atoms with Gasteiger partial charge in [-0.2, -0.15) is 0 Å². The highest BCUT2D eigenvalue weighted by Gasteiger charge is 2.41. The van der Waals surface area contributed by atoms with Gasteiger partial charge in [-0.1, -0.05) is 37.6 Å². The van der Waals surface area contributed by atoms with Gasteiger partial charge in [0, 0.05) is 19.7 Å². The van der Waals surface area contributed by atoms with E-state index in [0.29, 0.717) is 22.2 Å². The van der Waals surface area contributed by atoms with E-state index >= 15 is 0 Å². The van der Waals surface area contributed by atoms with Crippen molar-refractivity contribution in [3.8, 4) is 11.5 Å². The van der Waals surface area contributed by atoms with E-state index in [0.717, 1.165) is 92.4 Å². The first-order chi connectivity index (χ1) is 21.9. The summed E-state index contributed by atoms with van der Waals surface area (Å²) >= 11 is 6.04. The lowest BCUT2D eigenvalue weighted by molar-refractivity contribution is -0.0721. The van der Waals surface area contributed by atoms with E-state index in [1.54, 1.807) is 18.3 Å². The van der Waals surface area contributed by atoms with E-state index < -0.39 is 5.79 Å². The van der Waals surface area contributed by atoms with E-state index in [4.69, 9.17) is 35.5 Å². The molecule has 0 saturated carbocycles. The van der Waals surface area contributed by atoms with Crippen LogP contribution in [0.5, 0.6) is 11.5 Å². The zero-order chi connectivity index (χ0) is 31.6.